The van der Waals surface area contributed by atoms with Crippen molar-refractivity contribution < 1.29 is 0 Å². The minimum absolute atomic E-state index is 0. The van der Waals surface area contributed by atoms with Gasteiger partial charge in [-0.3, -0.25) is 9.89 Å². The molecule has 1 unspecified atom stereocenters. The zero-order valence-electron chi connectivity index (χ0n) is 18.4. The standard InChI is InChI=1S/C21H43N5.HI/c1-6-21(10-8-9-11-21)17-24-20(22-7-2)23-16-19(18(3)4)26-14-12-25(5)13-15-26;/h18-19H,6-17H2,1-5H3,(H2,22,23,24);1H. The van der Waals surface area contributed by atoms with Crippen molar-refractivity contribution in [3.8, 4) is 0 Å². The monoisotopic (exact) mass is 493 g/mol. The van der Waals surface area contributed by atoms with Gasteiger partial charge in [0.2, 0.25) is 0 Å². The maximum Gasteiger partial charge on any atom is 0.191 e. The van der Waals surface area contributed by atoms with E-state index >= 15 is 0 Å². The number of hydrogen-bond donors (Lipinski definition) is 2. The fourth-order valence-corrected chi connectivity index (χ4v) is 4.48. The van der Waals surface area contributed by atoms with Crippen LogP contribution < -0.4 is 10.6 Å². The van der Waals surface area contributed by atoms with Crippen LogP contribution in [0.5, 0.6) is 0 Å². The maximum absolute atomic E-state index is 4.99. The van der Waals surface area contributed by atoms with E-state index in [0.29, 0.717) is 17.4 Å². The van der Waals surface area contributed by atoms with Crippen LogP contribution in [0.3, 0.4) is 0 Å². The molecule has 6 heteroatoms. The summed E-state index contributed by atoms with van der Waals surface area (Å²) in [4.78, 5) is 10.1. The molecule has 2 aliphatic rings. The smallest absolute Gasteiger partial charge is 0.191 e. The Morgan fingerprint density at radius 3 is 2.19 bits per heavy atom. The van der Waals surface area contributed by atoms with E-state index < -0.39 is 0 Å². The lowest BCUT2D eigenvalue weighted by Crippen LogP contribution is -2.55. The predicted molar refractivity (Wildman–Crippen MR) is 128 cm³/mol. The third-order valence-electron chi connectivity index (χ3n) is 6.59. The number of guanidine groups is 1. The van der Waals surface area contributed by atoms with E-state index in [2.05, 4.69) is 55.2 Å². The van der Waals surface area contributed by atoms with Gasteiger partial charge < -0.3 is 15.5 Å². The summed E-state index contributed by atoms with van der Waals surface area (Å²) in [5, 5.41) is 7.12. The van der Waals surface area contributed by atoms with Gasteiger partial charge in [-0.2, -0.15) is 0 Å². The van der Waals surface area contributed by atoms with Crippen LogP contribution in [0.4, 0.5) is 0 Å². The van der Waals surface area contributed by atoms with Crippen molar-refractivity contribution in [1.82, 2.24) is 20.4 Å². The van der Waals surface area contributed by atoms with Crippen LogP contribution >= 0.6 is 24.0 Å². The normalized spacial score (nSPS) is 22.5. The second-order valence-corrected chi connectivity index (χ2v) is 8.79. The molecule has 5 nitrogen and oxygen atoms in total. The van der Waals surface area contributed by atoms with E-state index in [1.54, 1.807) is 0 Å². The van der Waals surface area contributed by atoms with E-state index in [0.717, 1.165) is 25.6 Å². The summed E-state index contributed by atoms with van der Waals surface area (Å²) in [7, 11) is 2.22. The average molecular weight is 494 g/mol. The first-order valence-electron chi connectivity index (χ1n) is 10.9. The van der Waals surface area contributed by atoms with Gasteiger partial charge in [-0.1, -0.05) is 33.6 Å². The van der Waals surface area contributed by atoms with Crippen LogP contribution in [0.1, 0.15) is 59.8 Å². The molecule has 160 valence electrons. The Labute approximate surface area is 185 Å². The van der Waals surface area contributed by atoms with Crippen molar-refractivity contribution >= 4 is 29.9 Å². The number of halogens is 1. The first-order valence-corrected chi connectivity index (χ1v) is 10.9. The molecule has 1 aliphatic heterocycles. The highest BCUT2D eigenvalue weighted by atomic mass is 127. The third-order valence-corrected chi connectivity index (χ3v) is 6.59. The van der Waals surface area contributed by atoms with Crippen molar-refractivity contribution in [2.75, 3.05) is 52.9 Å². The quantitative estimate of drug-likeness (QED) is 0.309. The molecule has 0 aromatic rings. The van der Waals surface area contributed by atoms with Gasteiger partial charge in [0.25, 0.3) is 0 Å². The highest BCUT2D eigenvalue weighted by molar-refractivity contribution is 14.0. The SMILES string of the molecule is CCNC(=NCC1(CC)CCCC1)NCC(C(C)C)N1CCN(C)CC1.I. The molecule has 2 fully saturated rings. The van der Waals surface area contributed by atoms with E-state index in [-0.39, 0.29) is 24.0 Å². The number of hydrogen-bond acceptors (Lipinski definition) is 3. The van der Waals surface area contributed by atoms with Crippen LogP contribution in [0.15, 0.2) is 4.99 Å². The largest absolute Gasteiger partial charge is 0.357 e. The lowest BCUT2D eigenvalue weighted by molar-refractivity contribution is 0.0900. The zero-order chi connectivity index (χ0) is 19.0. The zero-order valence-corrected chi connectivity index (χ0v) is 20.7. The number of aliphatic imine (C=N–C) groups is 1. The molecule has 0 amide bonds. The van der Waals surface area contributed by atoms with Crippen LogP contribution in [-0.4, -0.2) is 74.7 Å². The van der Waals surface area contributed by atoms with Gasteiger partial charge in [-0.25, -0.2) is 0 Å². The van der Waals surface area contributed by atoms with Gasteiger partial charge in [-0.05, 0) is 44.6 Å². The number of piperazine rings is 1. The summed E-state index contributed by atoms with van der Waals surface area (Å²) < 4.78 is 0. The summed E-state index contributed by atoms with van der Waals surface area (Å²) in [6.45, 7) is 16.8. The van der Waals surface area contributed by atoms with Crippen LogP contribution in [0, 0.1) is 11.3 Å². The lowest BCUT2D eigenvalue weighted by atomic mass is 9.84. The molecule has 1 saturated heterocycles. The molecule has 1 atom stereocenters. The summed E-state index contributed by atoms with van der Waals surface area (Å²) in [5.74, 6) is 1.65. The summed E-state index contributed by atoms with van der Waals surface area (Å²) >= 11 is 0. The molecule has 0 radical (unpaired) electrons. The summed E-state index contributed by atoms with van der Waals surface area (Å²) in [5.41, 5.74) is 0.456. The van der Waals surface area contributed by atoms with Crippen molar-refractivity contribution in [2.45, 2.75) is 65.8 Å². The van der Waals surface area contributed by atoms with Crippen molar-refractivity contribution in [1.29, 1.82) is 0 Å². The molecule has 27 heavy (non-hydrogen) atoms. The Bertz CT molecular complexity index is 426. The van der Waals surface area contributed by atoms with Gasteiger partial charge in [0.1, 0.15) is 0 Å². The summed E-state index contributed by atoms with van der Waals surface area (Å²) in [6.07, 6.45) is 6.72. The van der Waals surface area contributed by atoms with Gasteiger partial charge in [0, 0.05) is 51.9 Å². The topological polar surface area (TPSA) is 42.9 Å². The number of rotatable bonds is 8. The highest BCUT2D eigenvalue weighted by Crippen LogP contribution is 2.41. The Hall–Kier alpha value is -0.0800. The van der Waals surface area contributed by atoms with E-state index in [1.807, 2.05) is 0 Å². The Morgan fingerprint density at radius 2 is 1.67 bits per heavy atom. The Morgan fingerprint density at radius 1 is 1.04 bits per heavy atom. The molecule has 0 spiro atoms. The summed E-state index contributed by atoms with van der Waals surface area (Å²) in [6, 6.07) is 0.569. The second kappa shape index (κ2) is 12.5. The Kier molecular flexibility index (Phi) is 11.5. The van der Waals surface area contributed by atoms with Crippen LogP contribution in [0.2, 0.25) is 0 Å². The van der Waals surface area contributed by atoms with E-state index in [9.17, 15) is 0 Å². The van der Waals surface area contributed by atoms with Crippen molar-refractivity contribution in [3.05, 3.63) is 0 Å². The second-order valence-electron chi connectivity index (χ2n) is 8.79. The van der Waals surface area contributed by atoms with Gasteiger partial charge >= 0.3 is 0 Å². The molecule has 2 N–H and O–H groups in total. The molecular formula is C21H44IN5. The van der Waals surface area contributed by atoms with Crippen molar-refractivity contribution in [2.24, 2.45) is 16.3 Å². The minimum Gasteiger partial charge on any atom is -0.357 e. The van der Waals surface area contributed by atoms with Gasteiger partial charge in [0.05, 0.1) is 0 Å². The minimum atomic E-state index is 0. The predicted octanol–water partition coefficient (Wildman–Crippen LogP) is 3.40. The number of nitrogens with one attached hydrogen (secondary N) is 2. The maximum atomic E-state index is 4.99. The fraction of sp³-hybridized carbons (Fsp3) is 0.952. The lowest BCUT2D eigenvalue weighted by Gasteiger charge is -2.40. The van der Waals surface area contributed by atoms with E-state index in [1.165, 1.54) is 58.3 Å². The highest BCUT2D eigenvalue weighted by Gasteiger charge is 2.32. The van der Waals surface area contributed by atoms with Gasteiger partial charge in [0.15, 0.2) is 5.96 Å². The first kappa shape index (κ1) is 25.0. The molecule has 0 bridgehead atoms. The molecule has 1 saturated carbocycles. The van der Waals surface area contributed by atoms with Crippen molar-refractivity contribution in [3.63, 3.8) is 0 Å². The molecule has 1 aliphatic carbocycles. The first-order chi connectivity index (χ1) is 12.5. The molecule has 1 heterocycles. The molecular weight excluding hydrogens is 449 g/mol. The number of nitrogens with zero attached hydrogens (tertiary/aromatic N) is 3. The van der Waals surface area contributed by atoms with E-state index in [4.69, 9.17) is 4.99 Å². The fourth-order valence-electron chi connectivity index (χ4n) is 4.48. The van der Waals surface area contributed by atoms with Crippen LogP contribution in [-0.2, 0) is 0 Å². The molecule has 2 rings (SSSR count). The number of likely N-dealkylation sites (N-methyl/N-ethyl adjacent to an activating group) is 1. The molecule has 0 aromatic heterocycles. The Balaban J connectivity index is 0.00000364. The average Bonchev–Trinajstić information content (AvgIpc) is 3.10. The third kappa shape index (κ3) is 7.69. The molecule has 0 aromatic carbocycles. The van der Waals surface area contributed by atoms with Gasteiger partial charge in [-0.15, -0.1) is 24.0 Å². The van der Waals surface area contributed by atoms with Crippen LogP contribution in [0.25, 0.3) is 0 Å².